The molecule has 0 atom stereocenters. The second kappa shape index (κ2) is 4.48. The summed E-state index contributed by atoms with van der Waals surface area (Å²) in [5.41, 5.74) is 1.38. The van der Waals surface area contributed by atoms with Gasteiger partial charge >= 0.3 is 0 Å². The average Bonchev–Trinajstić information content (AvgIpc) is 2.89. The first-order valence-electron chi connectivity index (χ1n) is 6.21. The highest BCUT2D eigenvalue weighted by Gasteiger charge is 2.52. The summed E-state index contributed by atoms with van der Waals surface area (Å²) in [7, 11) is 0. The van der Waals surface area contributed by atoms with Gasteiger partial charge in [-0.3, -0.25) is 15.0 Å². The minimum absolute atomic E-state index is 0.0356. The van der Waals surface area contributed by atoms with Crippen molar-refractivity contribution < 1.29 is 4.79 Å². The zero-order chi connectivity index (χ0) is 13.5. The highest BCUT2D eigenvalue weighted by atomic mass is 79.9. The fourth-order valence-corrected chi connectivity index (χ4v) is 2.73. The van der Waals surface area contributed by atoms with Gasteiger partial charge in [0.2, 0.25) is 5.91 Å². The van der Waals surface area contributed by atoms with Gasteiger partial charge in [0.25, 0.3) is 0 Å². The standard InChI is InChI=1S/C12H14BrN5O/c1-2-7-9(13)10(18-16-7)15-11(19)12(4-5-12)8-3-6-14-17-8/h3,6H,2,4-5H2,1H3,(H,14,17)(H2,15,16,18,19). The van der Waals surface area contributed by atoms with Crippen LogP contribution in [0.4, 0.5) is 5.82 Å². The van der Waals surface area contributed by atoms with Gasteiger partial charge in [0.1, 0.15) is 0 Å². The van der Waals surface area contributed by atoms with Crippen LogP contribution in [0, 0.1) is 0 Å². The topological polar surface area (TPSA) is 86.5 Å². The molecule has 0 aromatic carbocycles. The summed E-state index contributed by atoms with van der Waals surface area (Å²) in [5.74, 6) is 0.513. The Hall–Kier alpha value is -1.63. The van der Waals surface area contributed by atoms with Gasteiger partial charge in [-0.25, -0.2) is 0 Å². The number of rotatable bonds is 4. The third-order valence-corrected chi connectivity index (χ3v) is 4.42. The minimum Gasteiger partial charge on any atom is -0.307 e. The van der Waals surface area contributed by atoms with E-state index in [0.717, 1.165) is 35.1 Å². The molecule has 7 heteroatoms. The molecule has 2 heterocycles. The van der Waals surface area contributed by atoms with Crippen LogP contribution in [-0.4, -0.2) is 26.3 Å². The fraction of sp³-hybridized carbons (Fsp3) is 0.417. The highest BCUT2D eigenvalue weighted by molar-refractivity contribution is 9.10. The third kappa shape index (κ3) is 1.98. The van der Waals surface area contributed by atoms with E-state index in [2.05, 4.69) is 41.6 Å². The zero-order valence-electron chi connectivity index (χ0n) is 10.5. The summed E-state index contributed by atoms with van der Waals surface area (Å²) in [6, 6.07) is 1.85. The maximum atomic E-state index is 12.4. The molecule has 6 nitrogen and oxygen atoms in total. The van der Waals surface area contributed by atoms with Crippen LogP contribution in [0.25, 0.3) is 0 Å². The molecule has 1 aliphatic carbocycles. The Labute approximate surface area is 118 Å². The fourth-order valence-electron chi connectivity index (χ4n) is 2.17. The molecule has 2 aromatic rings. The summed E-state index contributed by atoms with van der Waals surface area (Å²) in [5, 5.41) is 16.7. The smallest absolute Gasteiger partial charge is 0.237 e. The van der Waals surface area contributed by atoms with E-state index in [0.29, 0.717) is 5.82 Å². The first-order valence-corrected chi connectivity index (χ1v) is 7.00. The number of halogens is 1. The van der Waals surface area contributed by atoms with Crippen molar-refractivity contribution in [3.05, 3.63) is 28.1 Å². The molecule has 0 radical (unpaired) electrons. The Morgan fingerprint density at radius 3 is 2.84 bits per heavy atom. The quantitative estimate of drug-likeness (QED) is 0.805. The van der Waals surface area contributed by atoms with Gasteiger partial charge in [0, 0.05) is 6.20 Å². The van der Waals surface area contributed by atoms with Crippen LogP contribution in [0.5, 0.6) is 0 Å². The molecule has 3 rings (SSSR count). The molecular formula is C12H14BrN5O. The monoisotopic (exact) mass is 323 g/mol. The second-order valence-corrected chi connectivity index (χ2v) is 5.52. The van der Waals surface area contributed by atoms with Crippen LogP contribution in [0.3, 0.4) is 0 Å². The van der Waals surface area contributed by atoms with Crippen LogP contribution in [0.1, 0.15) is 31.2 Å². The normalized spacial score (nSPS) is 16.3. The van der Waals surface area contributed by atoms with E-state index in [1.165, 1.54) is 0 Å². The summed E-state index contributed by atoms with van der Waals surface area (Å²) >= 11 is 3.45. The van der Waals surface area contributed by atoms with E-state index in [1.54, 1.807) is 6.20 Å². The van der Waals surface area contributed by atoms with Crippen molar-refractivity contribution in [3.8, 4) is 0 Å². The summed E-state index contributed by atoms with van der Waals surface area (Å²) in [6.07, 6.45) is 4.17. The number of hydrogen-bond donors (Lipinski definition) is 3. The molecule has 0 bridgehead atoms. The predicted molar refractivity (Wildman–Crippen MR) is 73.8 cm³/mol. The van der Waals surface area contributed by atoms with Crippen LogP contribution in [-0.2, 0) is 16.6 Å². The van der Waals surface area contributed by atoms with Crippen LogP contribution in [0.15, 0.2) is 16.7 Å². The van der Waals surface area contributed by atoms with Crippen molar-refractivity contribution >= 4 is 27.7 Å². The van der Waals surface area contributed by atoms with Gasteiger partial charge in [-0.15, -0.1) is 0 Å². The lowest BCUT2D eigenvalue weighted by atomic mass is 10.0. The number of anilines is 1. The maximum Gasteiger partial charge on any atom is 0.237 e. The van der Waals surface area contributed by atoms with E-state index in [1.807, 2.05) is 13.0 Å². The van der Waals surface area contributed by atoms with Gasteiger partial charge in [-0.1, -0.05) is 6.92 Å². The van der Waals surface area contributed by atoms with Gasteiger partial charge in [0.15, 0.2) is 5.82 Å². The molecular weight excluding hydrogens is 310 g/mol. The molecule has 1 saturated carbocycles. The lowest BCUT2D eigenvalue weighted by molar-refractivity contribution is -0.118. The SMILES string of the molecule is CCc1[nH]nc(NC(=O)C2(c3ccn[nH]3)CC2)c1Br. The lowest BCUT2D eigenvalue weighted by Crippen LogP contribution is -2.28. The van der Waals surface area contributed by atoms with E-state index in [9.17, 15) is 4.79 Å². The number of aryl methyl sites for hydroxylation is 1. The van der Waals surface area contributed by atoms with Crippen molar-refractivity contribution in [2.24, 2.45) is 0 Å². The Morgan fingerprint density at radius 1 is 1.53 bits per heavy atom. The third-order valence-electron chi connectivity index (χ3n) is 3.56. The number of H-pyrrole nitrogens is 2. The van der Waals surface area contributed by atoms with Gasteiger partial charge in [0.05, 0.1) is 21.3 Å². The zero-order valence-corrected chi connectivity index (χ0v) is 12.0. The van der Waals surface area contributed by atoms with Crippen molar-refractivity contribution in [3.63, 3.8) is 0 Å². The number of carbonyl (C=O) groups is 1. The number of amides is 1. The number of nitrogens with one attached hydrogen (secondary N) is 3. The number of aromatic nitrogens is 4. The first kappa shape index (κ1) is 12.4. The van der Waals surface area contributed by atoms with Crippen LogP contribution >= 0.6 is 15.9 Å². The molecule has 2 aromatic heterocycles. The molecule has 1 fully saturated rings. The molecule has 0 unspecified atom stereocenters. The number of carbonyl (C=O) groups excluding carboxylic acids is 1. The number of nitrogens with zero attached hydrogens (tertiary/aromatic N) is 2. The maximum absolute atomic E-state index is 12.4. The molecule has 0 spiro atoms. The summed E-state index contributed by atoms with van der Waals surface area (Å²) in [4.78, 5) is 12.4. The average molecular weight is 324 g/mol. The van der Waals surface area contributed by atoms with Crippen molar-refractivity contribution in [2.75, 3.05) is 5.32 Å². The van der Waals surface area contributed by atoms with Gasteiger partial charge in [-0.2, -0.15) is 10.2 Å². The Morgan fingerprint density at radius 2 is 2.32 bits per heavy atom. The largest absolute Gasteiger partial charge is 0.307 e. The molecule has 0 aliphatic heterocycles. The van der Waals surface area contributed by atoms with Crippen molar-refractivity contribution in [1.29, 1.82) is 0 Å². The van der Waals surface area contributed by atoms with E-state index >= 15 is 0 Å². The molecule has 3 N–H and O–H groups in total. The number of hydrogen-bond acceptors (Lipinski definition) is 3. The Bertz CT molecular complexity index is 600. The summed E-state index contributed by atoms with van der Waals surface area (Å²) in [6.45, 7) is 2.02. The van der Waals surface area contributed by atoms with E-state index in [-0.39, 0.29) is 5.91 Å². The molecule has 1 amide bonds. The van der Waals surface area contributed by atoms with E-state index < -0.39 is 5.41 Å². The van der Waals surface area contributed by atoms with E-state index in [4.69, 9.17) is 0 Å². The molecule has 0 saturated heterocycles. The van der Waals surface area contributed by atoms with Gasteiger partial charge in [-0.05, 0) is 41.3 Å². The van der Waals surface area contributed by atoms with Crippen molar-refractivity contribution in [1.82, 2.24) is 20.4 Å². The molecule has 100 valence electrons. The minimum atomic E-state index is -0.457. The second-order valence-electron chi connectivity index (χ2n) is 4.72. The molecule has 19 heavy (non-hydrogen) atoms. The number of aromatic amines is 2. The Balaban J connectivity index is 1.80. The highest BCUT2D eigenvalue weighted by Crippen LogP contribution is 2.48. The predicted octanol–water partition coefficient (Wildman–Crippen LogP) is 2.13. The first-order chi connectivity index (χ1) is 9.17. The summed E-state index contributed by atoms with van der Waals surface area (Å²) < 4.78 is 0.823. The molecule has 1 aliphatic rings. The Kier molecular flexibility index (Phi) is 2.93. The lowest BCUT2D eigenvalue weighted by Gasteiger charge is -2.12. The van der Waals surface area contributed by atoms with Crippen LogP contribution < -0.4 is 5.32 Å². The van der Waals surface area contributed by atoms with Crippen LogP contribution in [0.2, 0.25) is 0 Å². The van der Waals surface area contributed by atoms with Crippen molar-refractivity contribution in [2.45, 2.75) is 31.6 Å². The van der Waals surface area contributed by atoms with Gasteiger partial charge < -0.3 is 5.32 Å².